The van der Waals surface area contributed by atoms with Crippen molar-refractivity contribution >= 4 is 29.8 Å². The number of carboxylic acid groups (broad SMARTS) is 5. The highest BCUT2D eigenvalue weighted by atomic mass is 16.5. The van der Waals surface area contributed by atoms with Gasteiger partial charge in [-0.25, -0.2) is 43.9 Å². The fourth-order valence-electron chi connectivity index (χ4n) is 7.19. The Morgan fingerprint density at radius 3 is 1.50 bits per heavy atom. The third-order valence-electron chi connectivity index (χ3n) is 11.6. The summed E-state index contributed by atoms with van der Waals surface area (Å²) in [4.78, 5) is 69.0. The average molecular weight is 1050 g/mol. The molecule has 0 spiro atoms. The second-order valence-corrected chi connectivity index (χ2v) is 18.0. The van der Waals surface area contributed by atoms with E-state index in [1.807, 2.05) is 47.7 Å². The van der Waals surface area contributed by atoms with Crippen LogP contribution in [0.2, 0.25) is 0 Å². The molecule has 9 rings (SSSR count). The van der Waals surface area contributed by atoms with Crippen LogP contribution in [0.3, 0.4) is 0 Å². The lowest BCUT2D eigenvalue weighted by Crippen LogP contribution is -2.11. The fourth-order valence-corrected chi connectivity index (χ4v) is 7.19. The van der Waals surface area contributed by atoms with Gasteiger partial charge >= 0.3 is 29.8 Å². The molecule has 2 fully saturated rings. The summed E-state index contributed by atoms with van der Waals surface area (Å²) >= 11 is 0. The Morgan fingerprint density at radius 1 is 0.566 bits per heavy atom. The molecular formula is C52H64N12O12. The summed E-state index contributed by atoms with van der Waals surface area (Å²) < 4.78 is 17.8. The van der Waals surface area contributed by atoms with E-state index < -0.39 is 29.8 Å². The summed E-state index contributed by atoms with van der Waals surface area (Å²) in [6, 6.07) is 12.9. The van der Waals surface area contributed by atoms with Gasteiger partial charge < -0.3 is 35.0 Å². The van der Waals surface area contributed by atoms with E-state index in [-0.39, 0.29) is 34.6 Å². The number of nitrogens with zero attached hydrogens (tertiary/aromatic N) is 12. The summed E-state index contributed by atoms with van der Waals surface area (Å²) in [6.07, 6.45) is 15.6. The Kier molecular flexibility index (Phi) is 21.4. The molecule has 24 nitrogen and oxygen atoms in total. The molecule has 0 aliphatic heterocycles. The molecule has 404 valence electrons. The van der Waals surface area contributed by atoms with Crippen molar-refractivity contribution in [1.82, 2.24) is 59.1 Å². The number of carboxylic acids is 5. The van der Waals surface area contributed by atoms with E-state index in [9.17, 15) is 24.0 Å². The number of aromatic carboxylic acids is 5. The minimum atomic E-state index is -1.04. The van der Waals surface area contributed by atoms with Gasteiger partial charge in [-0.1, -0.05) is 13.3 Å². The molecule has 0 unspecified atom stereocenters. The number of pyridine rings is 2. The van der Waals surface area contributed by atoms with E-state index in [4.69, 9.17) is 35.0 Å². The van der Waals surface area contributed by atoms with Gasteiger partial charge in [0.05, 0.1) is 31.5 Å². The number of aryl methyl sites for hydroxylation is 6. The lowest BCUT2D eigenvalue weighted by atomic mass is 10.3. The van der Waals surface area contributed by atoms with Crippen molar-refractivity contribution in [2.75, 3.05) is 6.61 Å². The fraction of sp³-hybridized carbons (Fsp3) is 0.404. The molecule has 0 saturated heterocycles. The molecule has 0 radical (unpaired) electrons. The number of hydrogen-bond donors (Lipinski definition) is 5. The minimum Gasteiger partial charge on any atom is -0.493 e. The Morgan fingerprint density at radius 2 is 1.04 bits per heavy atom. The highest BCUT2D eigenvalue weighted by Gasteiger charge is 2.24. The van der Waals surface area contributed by atoms with Crippen molar-refractivity contribution in [2.24, 2.45) is 13.0 Å². The highest BCUT2D eigenvalue weighted by molar-refractivity contribution is 5.87. The van der Waals surface area contributed by atoms with E-state index in [1.165, 1.54) is 56.3 Å². The number of unbranched alkanes of at least 4 members (excludes halogenated alkanes) is 1. The zero-order chi connectivity index (χ0) is 55.5. The summed E-state index contributed by atoms with van der Waals surface area (Å²) in [6.45, 7) is 13.8. The first kappa shape index (κ1) is 58.1. The summed E-state index contributed by atoms with van der Waals surface area (Å²) in [5.74, 6) is -2.44. The van der Waals surface area contributed by atoms with E-state index >= 15 is 0 Å². The first-order valence-electron chi connectivity index (χ1n) is 24.5. The van der Waals surface area contributed by atoms with Crippen molar-refractivity contribution in [3.05, 3.63) is 142 Å². The smallest absolute Gasteiger partial charge is 0.356 e. The largest absolute Gasteiger partial charge is 0.493 e. The van der Waals surface area contributed by atoms with Crippen LogP contribution in [0.5, 0.6) is 11.5 Å². The first-order valence-corrected chi connectivity index (χ1v) is 24.5. The Hall–Kier alpha value is -8.83. The van der Waals surface area contributed by atoms with Gasteiger partial charge in [-0.15, -0.1) is 0 Å². The molecule has 7 aromatic rings. The van der Waals surface area contributed by atoms with Gasteiger partial charge in [-0.2, -0.15) is 20.4 Å². The van der Waals surface area contributed by atoms with Crippen molar-refractivity contribution in [3.63, 3.8) is 0 Å². The molecule has 76 heavy (non-hydrogen) atoms. The van der Waals surface area contributed by atoms with Crippen LogP contribution >= 0.6 is 0 Å². The second kappa shape index (κ2) is 28.0. The topological polar surface area (TPSA) is 328 Å². The van der Waals surface area contributed by atoms with Gasteiger partial charge in [0.25, 0.3) is 0 Å². The SMILES string of the molecule is CCCCOc1ccnc(C(=O)O)c1.Cc1cc(C(=O)O)nn1CC1CC1.Cc1cc(Cn2nc(C(=O)O)cc2C)nn1C.Cc1ncc(Cn2nc(C(=O)O)cc2C)cn1.O=C(O)c1cc(OC2CCCC2)ccn1. The summed E-state index contributed by atoms with van der Waals surface area (Å²) in [5, 5.41) is 60.1. The molecule has 2 aliphatic carbocycles. The van der Waals surface area contributed by atoms with Crippen molar-refractivity contribution in [3.8, 4) is 11.5 Å². The van der Waals surface area contributed by atoms with Gasteiger partial charge in [0.15, 0.2) is 28.5 Å². The maximum absolute atomic E-state index is 10.8. The third kappa shape index (κ3) is 18.6. The van der Waals surface area contributed by atoms with E-state index in [0.717, 1.165) is 72.2 Å². The summed E-state index contributed by atoms with van der Waals surface area (Å²) in [5.41, 5.74) is 5.67. The van der Waals surface area contributed by atoms with Gasteiger partial charge in [0, 0.05) is 78.9 Å². The van der Waals surface area contributed by atoms with Gasteiger partial charge in [-0.05, 0) is 122 Å². The maximum Gasteiger partial charge on any atom is 0.356 e. The molecule has 2 saturated carbocycles. The zero-order valence-corrected chi connectivity index (χ0v) is 43.5. The normalized spacial score (nSPS) is 12.6. The number of ether oxygens (including phenoxy) is 2. The van der Waals surface area contributed by atoms with Crippen LogP contribution in [-0.2, 0) is 26.7 Å². The third-order valence-corrected chi connectivity index (χ3v) is 11.6. The van der Waals surface area contributed by atoms with Crippen LogP contribution in [-0.4, -0.2) is 127 Å². The predicted octanol–water partition coefficient (Wildman–Crippen LogP) is 7.38. The van der Waals surface area contributed by atoms with Crippen molar-refractivity contribution < 1.29 is 59.0 Å². The van der Waals surface area contributed by atoms with Crippen LogP contribution in [0, 0.1) is 40.5 Å². The molecule has 0 bridgehead atoms. The van der Waals surface area contributed by atoms with Crippen LogP contribution in [0.1, 0.15) is 151 Å². The second-order valence-electron chi connectivity index (χ2n) is 18.0. The van der Waals surface area contributed by atoms with Crippen molar-refractivity contribution in [2.45, 2.75) is 119 Å². The van der Waals surface area contributed by atoms with E-state index in [1.54, 1.807) is 55.4 Å². The molecule has 2 aliphatic rings. The molecule has 0 amide bonds. The minimum absolute atomic E-state index is 0.0130. The number of aromatic nitrogens is 12. The molecule has 0 atom stereocenters. The molecule has 7 aromatic heterocycles. The van der Waals surface area contributed by atoms with Crippen LogP contribution < -0.4 is 9.47 Å². The monoisotopic (exact) mass is 1050 g/mol. The molecule has 0 aromatic carbocycles. The number of carbonyl (C=O) groups is 5. The van der Waals surface area contributed by atoms with Crippen LogP contribution in [0.15, 0.2) is 73.3 Å². The number of hydrogen-bond acceptors (Lipinski definition) is 15. The molecule has 24 heteroatoms. The maximum atomic E-state index is 10.8. The summed E-state index contributed by atoms with van der Waals surface area (Å²) in [7, 11) is 1.87. The van der Waals surface area contributed by atoms with E-state index in [0.29, 0.717) is 37.0 Å². The highest BCUT2D eigenvalue weighted by Crippen LogP contribution is 2.31. The predicted molar refractivity (Wildman–Crippen MR) is 273 cm³/mol. The Balaban J connectivity index is 0.000000176. The average Bonchev–Trinajstić information content (AvgIpc) is 3.76. The lowest BCUT2D eigenvalue weighted by Gasteiger charge is -2.12. The Bertz CT molecular complexity index is 3040. The molecule has 5 N–H and O–H groups in total. The first-order chi connectivity index (χ1) is 36.2. The van der Waals surface area contributed by atoms with Crippen LogP contribution in [0.4, 0.5) is 0 Å². The zero-order valence-electron chi connectivity index (χ0n) is 43.5. The standard InChI is InChI=1S/C11H14N4O2.C11H12N4O2.C11H13NO3.C10H13NO3.C9H12N2O2/c1-7-4-9(12-14(7)3)6-15-8(2)5-10(13-15)11(16)17;1-7-3-10(11(16)17)14-15(7)6-9-4-12-8(2)13-5-9;13-11(14)10-7-9(5-6-12-10)15-8-3-1-2-4-8;1-2-3-6-14-8-4-5-11-9(7-8)10(12)13;1-6-4-8(9(12)13)10-11(6)5-7-2-3-7/h4-5H,6H2,1-3H3,(H,16,17);3-5H,6H2,1-2H3,(H,16,17);5-8H,1-4H2,(H,13,14);4-5,7H,2-3,6H2,1H3,(H,12,13);4,7H,2-3,5H2,1H3,(H,12,13). The van der Waals surface area contributed by atoms with Gasteiger partial charge in [-0.3, -0.25) is 18.7 Å². The molecular weight excluding hydrogens is 985 g/mol. The van der Waals surface area contributed by atoms with Crippen LogP contribution in [0.25, 0.3) is 0 Å². The van der Waals surface area contributed by atoms with E-state index in [2.05, 4.69) is 47.3 Å². The quantitative estimate of drug-likeness (QED) is 0.0555. The van der Waals surface area contributed by atoms with Gasteiger partial charge in [0.1, 0.15) is 17.3 Å². The Labute approximate surface area is 438 Å². The van der Waals surface area contributed by atoms with Gasteiger partial charge in [0.2, 0.25) is 0 Å². The van der Waals surface area contributed by atoms with Crippen molar-refractivity contribution in [1.29, 1.82) is 0 Å². The lowest BCUT2D eigenvalue weighted by molar-refractivity contribution is 0.0678. The molecule has 7 heterocycles. The number of rotatable bonds is 17.